The van der Waals surface area contributed by atoms with E-state index in [0.29, 0.717) is 45.2 Å². The molecule has 2 saturated heterocycles. The second-order valence-electron chi connectivity index (χ2n) is 7.26. The Hall–Kier alpha value is -1.73. The molecule has 2 heterocycles. The lowest BCUT2D eigenvalue weighted by Crippen LogP contribution is -2.41. The number of alkyl halides is 2. The summed E-state index contributed by atoms with van der Waals surface area (Å²) in [6.07, 6.45) is 3.63. The van der Waals surface area contributed by atoms with Crippen molar-refractivity contribution in [2.75, 3.05) is 39.4 Å². The van der Waals surface area contributed by atoms with Gasteiger partial charge in [-0.2, -0.15) is 8.78 Å². The van der Waals surface area contributed by atoms with E-state index in [0.717, 1.165) is 37.9 Å². The van der Waals surface area contributed by atoms with E-state index in [9.17, 15) is 13.6 Å². The van der Waals surface area contributed by atoms with Gasteiger partial charge >= 0.3 is 6.61 Å². The fourth-order valence-corrected chi connectivity index (χ4v) is 3.92. The zero-order valence-electron chi connectivity index (χ0n) is 15.6. The molecule has 0 N–H and O–H groups in total. The average Bonchev–Trinajstić information content (AvgIpc) is 2.68. The Morgan fingerprint density at radius 1 is 1.22 bits per heavy atom. The third kappa shape index (κ3) is 6.14. The predicted octanol–water partition coefficient (Wildman–Crippen LogP) is 3.14. The summed E-state index contributed by atoms with van der Waals surface area (Å²) in [4.78, 5) is 16.5. The van der Waals surface area contributed by atoms with E-state index in [2.05, 4.69) is 9.64 Å². The maximum absolute atomic E-state index is 12.6. The maximum atomic E-state index is 12.6. The molecule has 5 nitrogen and oxygen atoms in total. The molecule has 0 spiro atoms. The van der Waals surface area contributed by atoms with E-state index in [4.69, 9.17) is 4.74 Å². The molecule has 0 saturated carbocycles. The van der Waals surface area contributed by atoms with Crippen LogP contribution < -0.4 is 4.74 Å². The number of rotatable bonds is 7. The van der Waals surface area contributed by atoms with Crippen LogP contribution in [0.15, 0.2) is 24.3 Å². The number of carbonyl (C=O) groups is 1. The summed E-state index contributed by atoms with van der Waals surface area (Å²) in [5.74, 6) is 0.926. The SMILES string of the molecule is O=C(CCC1CCCN(Cc2ccccc2OC(F)F)C1)N1CCOCC1. The summed E-state index contributed by atoms with van der Waals surface area (Å²) in [5, 5.41) is 0. The van der Waals surface area contributed by atoms with Gasteiger partial charge in [-0.15, -0.1) is 0 Å². The molecular weight excluding hydrogens is 354 g/mol. The second kappa shape index (κ2) is 9.99. The van der Waals surface area contributed by atoms with Crippen LogP contribution in [0.2, 0.25) is 0 Å². The van der Waals surface area contributed by atoms with Gasteiger partial charge in [0.15, 0.2) is 0 Å². The number of hydrogen-bond acceptors (Lipinski definition) is 4. The zero-order valence-corrected chi connectivity index (χ0v) is 15.6. The Morgan fingerprint density at radius 2 is 2.00 bits per heavy atom. The molecule has 3 rings (SSSR count). The molecule has 1 aromatic carbocycles. The number of nitrogens with zero attached hydrogens (tertiary/aromatic N) is 2. The molecule has 0 bridgehead atoms. The van der Waals surface area contributed by atoms with Crippen LogP contribution in [0.25, 0.3) is 0 Å². The van der Waals surface area contributed by atoms with Crippen LogP contribution in [0.5, 0.6) is 5.75 Å². The lowest BCUT2D eigenvalue weighted by atomic mass is 9.92. The summed E-state index contributed by atoms with van der Waals surface area (Å²) in [6, 6.07) is 6.97. The van der Waals surface area contributed by atoms with Crippen LogP contribution in [0.4, 0.5) is 8.78 Å². The van der Waals surface area contributed by atoms with Crippen molar-refractivity contribution in [1.82, 2.24) is 9.80 Å². The fourth-order valence-electron chi connectivity index (χ4n) is 3.92. The van der Waals surface area contributed by atoms with E-state index in [1.807, 2.05) is 17.0 Å². The van der Waals surface area contributed by atoms with E-state index >= 15 is 0 Å². The molecular formula is C20H28F2N2O3. The summed E-state index contributed by atoms with van der Waals surface area (Å²) < 4.78 is 35.1. The fraction of sp³-hybridized carbons (Fsp3) is 0.650. The number of amides is 1. The molecule has 0 aliphatic carbocycles. The summed E-state index contributed by atoms with van der Waals surface area (Å²) in [6.45, 7) is 2.25. The summed E-state index contributed by atoms with van der Waals surface area (Å²) >= 11 is 0. The van der Waals surface area contributed by atoms with Crippen molar-refractivity contribution in [3.63, 3.8) is 0 Å². The first kappa shape index (κ1) is 20.0. The van der Waals surface area contributed by atoms with Crippen molar-refractivity contribution in [2.45, 2.75) is 38.8 Å². The minimum atomic E-state index is -2.81. The number of piperidine rings is 1. The number of para-hydroxylation sites is 1. The quantitative estimate of drug-likeness (QED) is 0.727. The van der Waals surface area contributed by atoms with Crippen LogP contribution in [-0.2, 0) is 16.1 Å². The molecule has 1 unspecified atom stereocenters. The highest BCUT2D eigenvalue weighted by Gasteiger charge is 2.23. The van der Waals surface area contributed by atoms with Crippen molar-refractivity contribution >= 4 is 5.91 Å². The van der Waals surface area contributed by atoms with Gasteiger partial charge in [-0.25, -0.2) is 0 Å². The van der Waals surface area contributed by atoms with Gasteiger partial charge in [-0.05, 0) is 37.8 Å². The Balaban J connectivity index is 1.49. The first-order valence-corrected chi connectivity index (χ1v) is 9.72. The molecule has 27 heavy (non-hydrogen) atoms. The Labute approximate surface area is 159 Å². The first-order chi connectivity index (χ1) is 13.1. The minimum absolute atomic E-state index is 0.214. The lowest BCUT2D eigenvalue weighted by molar-refractivity contribution is -0.135. The molecule has 2 aliphatic heterocycles. The number of benzene rings is 1. The third-order valence-electron chi connectivity index (χ3n) is 5.32. The van der Waals surface area contributed by atoms with Crippen molar-refractivity contribution < 1.29 is 23.0 Å². The van der Waals surface area contributed by atoms with E-state index < -0.39 is 6.61 Å². The Bertz CT molecular complexity index is 609. The van der Waals surface area contributed by atoms with Crippen LogP contribution >= 0.6 is 0 Å². The standard InChI is InChI=1S/C20H28F2N2O3/c21-20(22)27-18-6-2-1-5-17(18)15-23-9-3-4-16(14-23)7-8-19(25)24-10-12-26-13-11-24/h1-2,5-6,16,20H,3-4,7-15H2. The van der Waals surface area contributed by atoms with Crippen LogP contribution in [0.3, 0.4) is 0 Å². The largest absolute Gasteiger partial charge is 0.434 e. The van der Waals surface area contributed by atoms with Gasteiger partial charge in [-0.1, -0.05) is 18.2 Å². The number of morpholine rings is 1. The highest BCUT2D eigenvalue weighted by Crippen LogP contribution is 2.26. The maximum Gasteiger partial charge on any atom is 0.387 e. The molecule has 1 atom stereocenters. The highest BCUT2D eigenvalue weighted by molar-refractivity contribution is 5.76. The van der Waals surface area contributed by atoms with Crippen LogP contribution in [-0.4, -0.2) is 61.7 Å². The second-order valence-corrected chi connectivity index (χ2v) is 7.26. The summed E-state index contributed by atoms with van der Waals surface area (Å²) in [5.41, 5.74) is 0.780. The Morgan fingerprint density at radius 3 is 2.78 bits per heavy atom. The van der Waals surface area contributed by atoms with Gasteiger partial charge in [0.05, 0.1) is 13.2 Å². The number of carbonyl (C=O) groups excluding carboxylic acids is 1. The molecule has 7 heteroatoms. The normalized spacial score (nSPS) is 21.4. The number of likely N-dealkylation sites (tertiary alicyclic amines) is 1. The molecule has 1 amide bonds. The molecule has 2 aliphatic rings. The van der Waals surface area contributed by atoms with Gasteiger partial charge in [0.1, 0.15) is 5.75 Å². The summed E-state index contributed by atoms with van der Waals surface area (Å²) in [7, 11) is 0. The topological polar surface area (TPSA) is 42.0 Å². The minimum Gasteiger partial charge on any atom is -0.434 e. The smallest absolute Gasteiger partial charge is 0.387 e. The van der Waals surface area contributed by atoms with Crippen molar-refractivity contribution in [1.29, 1.82) is 0 Å². The van der Waals surface area contributed by atoms with Crippen LogP contribution in [0.1, 0.15) is 31.2 Å². The number of ether oxygens (including phenoxy) is 2. The van der Waals surface area contributed by atoms with Crippen molar-refractivity contribution in [3.8, 4) is 5.75 Å². The molecule has 2 fully saturated rings. The lowest BCUT2D eigenvalue weighted by Gasteiger charge is -2.33. The number of halogens is 2. The molecule has 1 aromatic rings. The molecule has 0 aromatic heterocycles. The average molecular weight is 382 g/mol. The molecule has 150 valence electrons. The highest BCUT2D eigenvalue weighted by atomic mass is 19.3. The van der Waals surface area contributed by atoms with E-state index in [1.54, 1.807) is 12.1 Å². The first-order valence-electron chi connectivity index (χ1n) is 9.72. The van der Waals surface area contributed by atoms with Gasteiger partial charge in [-0.3, -0.25) is 9.69 Å². The van der Waals surface area contributed by atoms with Gasteiger partial charge in [0.2, 0.25) is 5.91 Å². The number of hydrogen-bond donors (Lipinski definition) is 0. The van der Waals surface area contributed by atoms with Crippen LogP contribution in [0, 0.1) is 5.92 Å². The van der Waals surface area contributed by atoms with Gasteiger partial charge < -0.3 is 14.4 Å². The zero-order chi connectivity index (χ0) is 19.1. The van der Waals surface area contributed by atoms with E-state index in [1.165, 1.54) is 0 Å². The van der Waals surface area contributed by atoms with Crippen molar-refractivity contribution in [3.05, 3.63) is 29.8 Å². The van der Waals surface area contributed by atoms with Gasteiger partial charge in [0.25, 0.3) is 0 Å². The third-order valence-corrected chi connectivity index (χ3v) is 5.32. The van der Waals surface area contributed by atoms with Gasteiger partial charge in [0, 0.05) is 38.2 Å². The van der Waals surface area contributed by atoms with Crippen molar-refractivity contribution in [2.24, 2.45) is 5.92 Å². The Kier molecular flexibility index (Phi) is 7.41. The molecule has 0 radical (unpaired) electrons. The monoisotopic (exact) mass is 382 g/mol. The van der Waals surface area contributed by atoms with E-state index in [-0.39, 0.29) is 11.7 Å². The predicted molar refractivity (Wildman–Crippen MR) is 97.7 cm³/mol.